The van der Waals surface area contributed by atoms with Gasteiger partial charge >= 0.3 is 5.97 Å². The summed E-state index contributed by atoms with van der Waals surface area (Å²) in [4.78, 5) is 11.9. The quantitative estimate of drug-likeness (QED) is 0.459. The van der Waals surface area contributed by atoms with Crippen molar-refractivity contribution in [1.29, 1.82) is 0 Å². The Morgan fingerprint density at radius 3 is 2.52 bits per heavy atom. The lowest BCUT2D eigenvalue weighted by Crippen LogP contribution is -2.17. The molecule has 0 aromatic heterocycles. The van der Waals surface area contributed by atoms with Gasteiger partial charge in [0.1, 0.15) is 6.10 Å². The molecular formula is C19H28O2. The highest BCUT2D eigenvalue weighted by Gasteiger charge is 2.12. The summed E-state index contributed by atoms with van der Waals surface area (Å²) >= 11 is 0. The number of carbonyl (C=O) groups excluding carboxylic acids is 1. The third kappa shape index (κ3) is 8.34. The van der Waals surface area contributed by atoms with Crippen LogP contribution in [0.25, 0.3) is 6.08 Å². The van der Waals surface area contributed by atoms with Gasteiger partial charge in [-0.3, -0.25) is 4.79 Å². The Balaban J connectivity index is 2.58. The number of rotatable bonds is 9. The zero-order chi connectivity index (χ0) is 15.5. The molecule has 1 aromatic rings. The summed E-state index contributed by atoms with van der Waals surface area (Å²) in [5.74, 6) is 0.246. The predicted octanol–water partition coefficient (Wildman–Crippen LogP) is 5.24. The molecule has 1 unspecified atom stereocenters. The van der Waals surface area contributed by atoms with Gasteiger partial charge in [0.05, 0.1) is 0 Å². The van der Waals surface area contributed by atoms with Gasteiger partial charge in [0.2, 0.25) is 0 Å². The van der Waals surface area contributed by atoms with E-state index in [9.17, 15) is 4.79 Å². The van der Waals surface area contributed by atoms with Crippen LogP contribution in [0.5, 0.6) is 0 Å². The molecule has 0 spiro atoms. The van der Waals surface area contributed by atoms with Crippen molar-refractivity contribution >= 4 is 12.0 Å². The minimum atomic E-state index is -0.108. The lowest BCUT2D eigenvalue weighted by molar-refractivity contribution is -0.148. The van der Waals surface area contributed by atoms with E-state index in [0.717, 1.165) is 18.4 Å². The maximum absolute atomic E-state index is 11.9. The molecule has 116 valence electrons. The first-order chi connectivity index (χ1) is 10.1. The number of ether oxygens (including phenoxy) is 1. The monoisotopic (exact) mass is 288 g/mol. The molecule has 0 aliphatic carbocycles. The molecule has 0 heterocycles. The lowest BCUT2D eigenvalue weighted by Gasteiger charge is -2.15. The van der Waals surface area contributed by atoms with Gasteiger partial charge in [-0.05, 0) is 30.4 Å². The van der Waals surface area contributed by atoms with Crippen LogP contribution in [0.4, 0.5) is 0 Å². The van der Waals surface area contributed by atoms with Crippen LogP contribution in [-0.2, 0) is 9.53 Å². The second-order valence-electron chi connectivity index (χ2n) is 5.89. The standard InChI is InChI=1S/C19H28O2/c1-4-5-7-12-18(21-19(20)15-16(2)3)14-13-17-10-8-6-9-11-17/h6,8-11,13-14,16,18H,4-5,7,12,15H2,1-3H3/b14-13+. The number of unbranched alkanes of at least 4 members (excludes halogenated alkanes) is 2. The Morgan fingerprint density at radius 2 is 1.90 bits per heavy atom. The molecule has 0 radical (unpaired) electrons. The Labute approximate surface area is 129 Å². The van der Waals surface area contributed by atoms with E-state index in [1.807, 2.05) is 44.2 Å². The first kappa shape index (κ1) is 17.5. The molecule has 1 aromatic carbocycles. The topological polar surface area (TPSA) is 26.3 Å². The van der Waals surface area contributed by atoms with E-state index in [2.05, 4.69) is 19.1 Å². The van der Waals surface area contributed by atoms with E-state index < -0.39 is 0 Å². The maximum atomic E-state index is 11.9. The normalized spacial score (nSPS) is 12.8. The molecule has 0 saturated carbocycles. The maximum Gasteiger partial charge on any atom is 0.306 e. The summed E-state index contributed by atoms with van der Waals surface area (Å²) in [5, 5.41) is 0. The molecule has 2 heteroatoms. The molecule has 0 amide bonds. The molecular weight excluding hydrogens is 260 g/mol. The second-order valence-corrected chi connectivity index (χ2v) is 5.89. The van der Waals surface area contributed by atoms with E-state index in [-0.39, 0.29) is 12.1 Å². The van der Waals surface area contributed by atoms with Crippen LogP contribution in [0.15, 0.2) is 36.4 Å². The van der Waals surface area contributed by atoms with Crippen LogP contribution in [0.3, 0.4) is 0 Å². The molecule has 1 atom stereocenters. The van der Waals surface area contributed by atoms with Gasteiger partial charge in [-0.1, -0.05) is 70.0 Å². The summed E-state index contributed by atoms with van der Waals surface area (Å²) in [5.41, 5.74) is 1.14. The van der Waals surface area contributed by atoms with Crippen molar-refractivity contribution in [3.05, 3.63) is 42.0 Å². The number of benzene rings is 1. The highest BCUT2D eigenvalue weighted by Crippen LogP contribution is 2.13. The van der Waals surface area contributed by atoms with E-state index in [1.165, 1.54) is 12.8 Å². The van der Waals surface area contributed by atoms with Gasteiger partial charge < -0.3 is 4.74 Å². The van der Waals surface area contributed by atoms with Crippen LogP contribution in [0, 0.1) is 5.92 Å². The fourth-order valence-corrected chi connectivity index (χ4v) is 2.12. The van der Waals surface area contributed by atoms with Crippen LogP contribution in [0.2, 0.25) is 0 Å². The van der Waals surface area contributed by atoms with Crippen molar-refractivity contribution < 1.29 is 9.53 Å². The molecule has 1 rings (SSSR count). The Bertz CT molecular complexity index is 420. The largest absolute Gasteiger partial charge is 0.458 e. The lowest BCUT2D eigenvalue weighted by atomic mass is 10.1. The fourth-order valence-electron chi connectivity index (χ4n) is 2.12. The zero-order valence-electron chi connectivity index (χ0n) is 13.5. The predicted molar refractivity (Wildman–Crippen MR) is 89.0 cm³/mol. The van der Waals surface area contributed by atoms with Gasteiger partial charge in [0.15, 0.2) is 0 Å². The smallest absolute Gasteiger partial charge is 0.306 e. The fraction of sp³-hybridized carbons (Fsp3) is 0.526. The molecule has 0 aliphatic heterocycles. The SMILES string of the molecule is CCCCCC(/C=C/c1ccccc1)OC(=O)CC(C)C. The zero-order valence-corrected chi connectivity index (χ0v) is 13.5. The van der Waals surface area contributed by atoms with Crippen LogP contribution >= 0.6 is 0 Å². The van der Waals surface area contributed by atoms with Gasteiger partial charge in [0, 0.05) is 6.42 Å². The minimum Gasteiger partial charge on any atom is -0.458 e. The third-order valence-electron chi connectivity index (χ3n) is 3.25. The Morgan fingerprint density at radius 1 is 1.19 bits per heavy atom. The Kier molecular flexibility index (Phi) is 8.49. The van der Waals surface area contributed by atoms with Crippen molar-refractivity contribution in [2.45, 2.75) is 59.0 Å². The van der Waals surface area contributed by atoms with Crippen LogP contribution in [-0.4, -0.2) is 12.1 Å². The summed E-state index contributed by atoms with van der Waals surface area (Å²) in [6.45, 7) is 6.25. The number of carbonyl (C=O) groups is 1. The number of hydrogen-bond acceptors (Lipinski definition) is 2. The molecule has 0 aliphatic rings. The van der Waals surface area contributed by atoms with Gasteiger partial charge in [-0.2, -0.15) is 0 Å². The van der Waals surface area contributed by atoms with Crippen molar-refractivity contribution in [3.63, 3.8) is 0 Å². The average Bonchev–Trinajstić information content (AvgIpc) is 2.45. The third-order valence-corrected chi connectivity index (χ3v) is 3.25. The first-order valence-electron chi connectivity index (χ1n) is 8.04. The summed E-state index contributed by atoms with van der Waals surface area (Å²) in [6.07, 6.45) is 8.79. The summed E-state index contributed by atoms with van der Waals surface area (Å²) < 4.78 is 5.60. The van der Waals surface area contributed by atoms with Crippen molar-refractivity contribution in [3.8, 4) is 0 Å². The van der Waals surface area contributed by atoms with Crippen molar-refractivity contribution in [2.75, 3.05) is 0 Å². The van der Waals surface area contributed by atoms with Gasteiger partial charge in [-0.15, -0.1) is 0 Å². The molecule has 0 bridgehead atoms. The van der Waals surface area contributed by atoms with Crippen LogP contribution < -0.4 is 0 Å². The van der Waals surface area contributed by atoms with E-state index in [1.54, 1.807) is 0 Å². The van der Waals surface area contributed by atoms with E-state index in [0.29, 0.717) is 12.3 Å². The Hall–Kier alpha value is -1.57. The van der Waals surface area contributed by atoms with Crippen molar-refractivity contribution in [1.82, 2.24) is 0 Å². The number of hydrogen-bond donors (Lipinski definition) is 0. The number of esters is 1. The van der Waals surface area contributed by atoms with Gasteiger partial charge in [0.25, 0.3) is 0 Å². The van der Waals surface area contributed by atoms with Crippen LogP contribution in [0.1, 0.15) is 58.4 Å². The van der Waals surface area contributed by atoms with Crippen molar-refractivity contribution in [2.24, 2.45) is 5.92 Å². The highest BCUT2D eigenvalue weighted by molar-refractivity contribution is 5.70. The molecule has 0 N–H and O–H groups in total. The molecule has 21 heavy (non-hydrogen) atoms. The van der Waals surface area contributed by atoms with E-state index >= 15 is 0 Å². The summed E-state index contributed by atoms with van der Waals surface area (Å²) in [7, 11) is 0. The van der Waals surface area contributed by atoms with E-state index in [4.69, 9.17) is 4.74 Å². The first-order valence-corrected chi connectivity index (χ1v) is 8.04. The minimum absolute atomic E-state index is 0.0933. The molecule has 0 saturated heterocycles. The summed E-state index contributed by atoms with van der Waals surface area (Å²) in [6, 6.07) is 10.1. The molecule has 2 nitrogen and oxygen atoms in total. The average molecular weight is 288 g/mol. The second kappa shape index (κ2) is 10.2. The molecule has 0 fully saturated rings. The van der Waals surface area contributed by atoms with Gasteiger partial charge in [-0.25, -0.2) is 0 Å². The highest BCUT2D eigenvalue weighted by atomic mass is 16.5.